The summed E-state index contributed by atoms with van der Waals surface area (Å²) in [6.07, 6.45) is 2.88. The lowest BCUT2D eigenvalue weighted by molar-refractivity contribution is -0.114. The largest absolute Gasteiger partial charge is 0.322 e. The van der Waals surface area contributed by atoms with E-state index in [1.54, 1.807) is 24.3 Å². The summed E-state index contributed by atoms with van der Waals surface area (Å²) >= 11 is 7.50. The first-order chi connectivity index (χ1) is 11.4. The third kappa shape index (κ3) is 3.62. The molecule has 1 atom stereocenters. The molecule has 1 aliphatic rings. The highest BCUT2D eigenvalue weighted by atomic mass is 35.5. The topological polar surface area (TPSA) is 58.2 Å². The molecule has 1 aromatic carbocycles. The first-order valence-corrected chi connectivity index (χ1v) is 9.12. The van der Waals surface area contributed by atoms with E-state index in [2.05, 4.69) is 17.6 Å². The molecular formula is C18H19ClN2O2S. The van der Waals surface area contributed by atoms with Crippen LogP contribution >= 0.6 is 22.9 Å². The van der Waals surface area contributed by atoms with E-state index in [0.29, 0.717) is 27.2 Å². The predicted molar refractivity (Wildman–Crippen MR) is 99.2 cm³/mol. The van der Waals surface area contributed by atoms with Gasteiger partial charge in [-0.15, -0.1) is 11.3 Å². The molecule has 126 valence electrons. The maximum absolute atomic E-state index is 12.8. The number of nitrogens with one attached hydrogen (secondary N) is 2. The van der Waals surface area contributed by atoms with Crippen LogP contribution in [0.5, 0.6) is 0 Å². The molecule has 6 heteroatoms. The van der Waals surface area contributed by atoms with Crippen LogP contribution in [0, 0.1) is 5.92 Å². The van der Waals surface area contributed by atoms with Gasteiger partial charge in [0.2, 0.25) is 5.91 Å². The highest BCUT2D eigenvalue weighted by molar-refractivity contribution is 7.17. The average Bonchev–Trinajstić information content (AvgIpc) is 2.83. The molecule has 1 aromatic heterocycles. The van der Waals surface area contributed by atoms with E-state index in [4.69, 9.17) is 11.6 Å². The summed E-state index contributed by atoms with van der Waals surface area (Å²) < 4.78 is 0. The Morgan fingerprint density at radius 2 is 2.08 bits per heavy atom. The molecule has 4 nitrogen and oxygen atoms in total. The van der Waals surface area contributed by atoms with Gasteiger partial charge in [-0.1, -0.05) is 24.6 Å². The SMILES string of the molecule is CC(=O)Nc1sc2c(c1C(=O)Nc1cccc(Cl)c1)CCC(C)C2. The molecule has 0 radical (unpaired) electrons. The van der Waals surface area contributed by atoms with Gasteiger partial charge in [0.15, 0.2) is 0 Å². The van der Waals surface area contributed by atoms with Crippen LogP contribution in [0.3, 0.4) is 0 Å². The average molecular weight is 363 g/mol. The molecule has 0 aliphatic heterocycles. The van der Waals surface area contributed by atoms with E-state index in [0.717, 1.165) is 24.8 Å². The number of hydrogen-bond acceptors (Lipinski definition) is 3. The second kappa shape index (κ2) is 6.95. The minimum absolute atomic E-state index is 0.168. The number of fused-ring (bicyclic) bond motifs is 1. The molecule has 1 heterocycles. The van der Waals surface area contributed by atoms with Gasteiger partial charge in [0.1, 0.15) is 5.00 Å². The van der Waals surface area contributed by atoms with E-state index >= 15 is 0 Å². The lowest BCUT2D eigenvalue weighted by Gasteiger charge is -2.18. The van der Waals surface area contributed by atoms with Gasteiger partial charge in [-0.25, -0.2) is 0 Å². The number of hydrogen-bond donors (Lipinski definition) is 2. The van der Waals surface area contributed by atoms with Crippen molar-refractivity contribution in [2.45, 2.75) is 33.1 Å². The second-order valence-corrected chi connectivity index (χ2v) is 7.74. The summed E-state index contributed by atoms with van der Waals surface area (Å²) in [7, 11) is 0. The zero-order chi connectivity index (χ0) is 17.3. The summed E-state index contributed by atoms with van der Waals surface area (Å²) in [5, 5.41) is 6.91. The van der Waals surface area contributed by atoms with Crippen LogP contribution in [0.15, 0.2) is 24.3 Å². The summed E-state index contributed by atoms with van der Waals surface area (Å²) in [5.41, 5.74) is 2.31. The number of benzene rings is 1. The highest BCUT2D eigenvalue weighted by Crippen LogP contribution is 2.40. The Labute approximate surface area is 150 Å². The van der Waals surface area contributed by atoms with E-state index in [1.165, 1.54) is 23.1 Å². The number of halogens is 1. The number of anilines is 2. The molecule has 24 heavy (non-hydrogen) atoms. The highest BCUT2D eigenvalue weighted by Gasteiger charge is 2.28. The second-order valence-electron chi connectivity index (χ2n) is 6.20. The summed E-state index contributed by atoms with van der Waals surface area (Å²) in [4.78, 5) is 25.6. The maximum Gasteiger partial charge on any atom is 0.258 e. The van der Waals surface area contributed by atoms with Crippen LogP contribution in [0.25, 0.3) is 0 Å². The van der Waals surface area contributed by atoms with Gasteiger partial charge in [-0.2, -0.15) is 0 Å². The third-order valence-corrected chi connectivity index (χ3v) is 5.52. The van der Waals surface area contributed by atoms with Crippen LogP contribution in [-0.4, -0.2) is 11.8 Å². The molecule has 1 aliphatic carbocycles. The Kier molecular flexibility index (Phi) is 4.92. The number of rotatable bonds is 3. The van der Waals surface area contributed by atoms with E-state index < -0.39 is 0 Å². The first kappa shape index (κ1) is 17.0. The van der Waals surface area contributed by atoms with Crippen molar-refractivity contribution in [2.75, 3.05) is 10.6 Å². The lowest BCUT2D eigenvalue weighted by Crippen LogP contribution is -2.18. The van der Waals surface area contributed by atoms with Crippen LogP contribution in [-0.2, 0) is 17.6 Å². The standard InChI is InChI=1S/C18H19ClN2O2S/c1-10-6-7-14-15(8-10)24-18(20-11(2)22)16(14)17(23)21-13-5-3-4-12(19)9-13/h3-5,9-10H,6-8H2,1-2H3,(H,20,22)(H,21,23). The first-order valence-electron chi connectivity index (χ1n) is 7.93. The number of amides is 2. The summed E-state index contributed by atoms with van der Waals surface area (Å²) in [6.45, 7) is 3.67. The summed E-state index contributed by atoms with van der Waals surface area (Å²) in [5.74, 6) is 0.233. The van der Waals surface area contributed by atoms with Gasteiger partial charge in [0.05, 0.1) is 5.56 Å². The van der Waals surface area contributed by atoms with Crippen molar-refractivity contribution in [1.29, 1.82) is 0 Å². The predicted octanol–water partition coefficient (Wildman–Crippen LogP) is 4.74. The third-order valence-electron chi connectivity index (χ3n) is 4.11. The van der Waals surface area contributed by atoms with Crippen LogP contribution < -0.4 is 10.6 Å². The monoisotopic (exact) mass is 362 g/mol. The molecule has 2 N–H and O–H groups in total. The normalized spacial score (nSPS) is 16.4. The minimum atomic E-state index is -0.201. The fourth-order valence-electron chi connectivity index (χ4n) is 3.00. The molecular weight excluding hydrogens is 344 g/mol. The molecule has 0 saturated carbocycles. The molecule has 0 spiro atoms. The molecule has 2 aromatic rings. The van der Waals surface area contributed by atoms with E-state index in [1.807, 2.05) is 0 Å². The Balaban J connectivity index is 1.95. The quantitative estimate of drug-likeness (QED) is 0.828. The maximum atomic E-state index is 12.8. The van der Waals surface area contributed by atoms with Gasteiger partial charge in [-0.05, 0) is 48.9 Å². The zero-order valence-electron chi connectivity index (χ0n) is 13.6. The van der Waals surface area contributed by atoms with Crippen LogP contribution in [0.4, 0.5) is 10.7 Å². The van der Waals surface area contributed by atoms with Gasteiger partial charge < -0.3 is 10.6 Å². The molecule has 3 rings (SSSR count). The Hall–Kier alpha value is -1.85. The fourth-order valence-corrected chi connectivity index (χ4v) is 4.64. The Morgan fingerprint density at radius 3 is 2.79 bits per heavy atom. The van der Waals surface area contributed by atoms with E-state index in [9.17, 15) is 9.59 Å². The van der Waals surface area contributed by atoms with Crippen molar-refractivity contribution in [3.63, 3.8) is 0 Å². The smallest absolute Gasteiger partial charge is 0.258 e. The van der Waals surface area contributed by atoms with Crippen molar-refractivity contribution in [1.82, 2.24) is 0 Å². The van der Waals surface area contributed by atoms with Gasteiger partial charge >= 0.3 is 0 Å². The Bertz CT molecular complexity index is 800. The molecule has 0 bridgehead atoms. The van der Waals surface area contributed by atoms with Gasteiger partial charge in [0, 0.05) is 22.5 Å². The Morgan fingerprint density at radius 1 is 1.29 bits per heavy atom. The van der Waals surface area contributed by atoms with Crippen molar-refractivity contribution in [3.05, 3.63) is 45.3 Å². The molecule has 0 fully saturated rings. The fraction of sp³-hybridized carbons (Fsp3) is 0.333. The summed E-state index contributed by atoms with van der Waals surface area (Å²) in [6, 6.07) is 7.05. The van der Waals surface area contributed by atoms with Crippen LogP contribution in [0.1, 0.15) is 41.1 Å². The number of carbonyl (C=O) groups is 2. The van der Waals surface area contributed by atoms with Crippen LogP contribution in [0.2, 0.25) is 5.02 Å². The van der Waals surface area contributed by atoms with Crippen molar-refractivity contribution in [3.8, 4) is 0 Å². The van der Waals surface area contributed by atoms with Crippen molar-refractivity contribution in [2.24, 2.45) is 5.92 Å². The van der Waals surface area contributed by atoms with Crippen molar-refractivity contribution < 1.29 is 9.59 Å². The van der Waals surface area contributed by atoms with Gasteiger partial charge in [-0.3, -0.25) is 9.59 Å². The van der Waals surface area contributed by atoms with Gasteiger partial charge in [0.25, 0.3) is 5.91 Å². The molecule has 0 saturated heterocycles. The molecule has 2 amide bonds. The zero-order valence-corrected chi connectivity index (χ0v) is 15.2. The lowest BCUT2D eigenvalue weighted by atomic mass is 9.88. The molecule has 1 unspecified atom stereocenters. The van der Waals surface area contributed by atoms with E-state index in [-0.39, 0.29) is 11.8 Å². The minimum Gasteiger partial charge on any atom is -0.322 e. The number of thiophene rings is 1. The number of carbonyl (C=O) groups excluding carboxylic acids is 2. The van der Waals surface area contributed by atoms with Crippen molar-refractivity contribution >= 4 is 45.4 Å².